The highest BCUT2D eigenvalue weighted by Gasteiger charge is 2.39. The number of carbonyl (C=O) groups excluding carboxylic acids is 1. The molecule has 0 bridgehead atoms. The molecule has 2 saturated heterocycles. The van der Waals surface area contributed by atoms with Crippen LogP contribution in [0.2, 0.25) is 0 Å². The van der Waals surface area contributed by atoms with E-state index in [0.717, 1.165) is 19.6 Å². The third kappa shape index (κ3) is 3.56. The van der Waals surface area contributed by atoms with Crippen LogP contribution in [0.5, 0.6) is 5.88 Å². The molecule has 0 aromatic carbocycles. The zero-order valence-corrected chi connectivity index (χ0v) is 14.9. The summed E-state index contributed by atoms with van der Waals surface area (Å²) in [4.78, 5) is 18.2. The van der Waals surface area contributed by atoms with E-state index in [4.69, 9.17) is 14.0 Å². The lowest BCUT2D eigenvalue weighted by Gasteiger charge is -2.22. The second kappa shape index (κ2) is 7.15. The van der Waals surface area contributed by atoms with Gasteiger partial charge in [-0.1, -0.05) is 6.07 Å². The quantitative estimate of drug-likeness (QED) is 0.824. The van der Waals surface area contributed by atoms with E-state index in [1.807, 2.05) is 0 Å². The van der Waals surface area contributed by atoms with Crippen LogP contribution in [0.4, 0.5) is 0 Å². The minimum Gasteiger partial charge on any atom is -0.479 e. The second-order valence-electron chi connectivity index (χ2n) is 6.43. The van der Waals surface area contributed by atoms with Gasteiger partial charge in [0.25, 0.3) is 11.8 Å². The summed E-state index contributed by atoms with van der Waals surface area (Å²) in [7, 11) is 1.50. The van der Waals surface area contributed by atoms with Crippen LogP contribution in [0.25, 0.3) is 0 Å². The fraction of sp³-hybridized carbons (Fsp3) is 0.529. The number of aromatic nitrogens is 1. The van der Waals surface area contributed by atoms with Crippen molar-refractivity contribution < 1.29 is 18.8 Å². The summed E-state index contributed by atoms with van der Waals surface area (Å²) in [5.74, 6) is 0.687. The van der Waals surface area contributed by atoms with Crippen LogP contribution in [0.15, 0.2) is 28.1 Å². The summed E-state index contributed by atoms with van der Waals surface area (Å²) in [6.45, 7) is 4.78. The van der Waals surface area contributed by atoms with Crippen molar-refractivity contribution in [2.75, 3.05) is 39.9 Å². The van der Waals surface area contributed by atoms with Crippen LogP contribution in [-0.4, -0.2) is 66.9 Å². The van der Waals surface area contributed by atoms with E-state index in [1.54, 1.807) is 16.2 Å². The minimum atomic E-state index is -0.155. The Kier molecular flexibility index (Phi) is 4.74. The number of nitrogens with zero attached hydrogens (tertiary/aromatic N) is 3. The molecule has 0 N–H and O–H groups in total. The van der Waals surface area contributed by atoms with Crippen LogP contribution < -0.4 is 4.74 Å². The minimum absolute atomic E-state index is 0.0853. The maximum absolute atomic E-state index is 12.6. The molecule has 2 atom stereocenters. The number of amides is 1. The Morgan fingerprint density at radius 3 is 3.12 bits per heavy atom. The third-order valence-corrected chi connectivity index (χ3v) is 5.63. The fourth-order valence-electron chi connectivity index (χ4n) is 3.51. The van der Waals surface area contributed by atoms with E-state index >= 15 is 0 Å². The van der Waals surface area contributed by atoms with Crippen LogP contribution >= 0.6 is 11.3 Å². The lowest BCUT2D eigenvalue weighted by Crippen LogP contribution is -2.33. The molecule has 0 radical (unpaired) electrons. The van der Waals surface area contributed by atoms with Crippen LogP contribution in [0.3, 0.4) is 0 Å². The first kappa shape index (κ1) is 16.6. The average Bonchev–Trinajstić information content (AvgIpc) is 3.34. The molecule has 1 amide bonds. The Hall–Kier alpha value is -1.90. The van der Waals surface area contributed by atoms with Gasteiger partial charge in [0.1, 0.15) is 0 Å². The normalized spacial score (nSPS) is 24.1. The summed E-state index contributed by atoms with van der Waals surface area (Å²) in [6, 6.07) is 5.77. The van der Waals surface area contributed by atoms with Gasteiger partial charge in [-0.05, 0) is 16.6 Å². The summed E-state index contributed by atoms with van der Waals surface area (Å²) in [5.41, 5.74) is 0. The molecular formula is C17H21N3O4S. The first-order valence-electron chi connectivity index (χ1n) is 8.39. The number of carbonyl (C=O) groups is 1. The highest BCUT2D eigenvalue weighted by atomic mass is 32.1. The molecule has 2 aliphatic heterocycles. The topological polar surface area (TPSA) is 68.0 Å². The number of hydrogen-bond acceptors (Lipinski definition) is 7. The summed E-state index contributed by atoms with van der Waals surface area (Å²) >= 11 is 1.78. The zero-order valence-electron chi connectivity index (χ0n) is 14.1. The number of methoxy groups -OCH3 is 1. The fourth-order valence-corrected chi connectivity index (χ4v) is 4.25. The van der Waals surface area contributed by atoms with Crippen molar-refractivity contribution in [3.8, 4) is 5.88 Å². The van der Waals surface area contributed by atoms with E-state index in [1.165, 1.54) is 18.1 Å². The maximum atomic E-state index is 12.6. The molecule has 8 heteroatoms. The number of rotatable bonds is 4. The Labute approximate surface area is 150 Å². The Balaban J connectivity index is 1.40. The molecule has 2 aromatic rings. The van der Waals surface area contributed by atoms with Gasteiger partial charge in [-0.2, -0.15) is 0 Å². The number of fused-ring (bicyclic) bond motifs is 1. The number of thiophene rings is 1. The molecule has 4 heterocycles. The van der Waals surface area contributed by atoms with Crippen molar-refractivity contribution in [2.45, 2.75) is 12.6 Å². The molecule has 25 heavy (non-hydrogen) atoms. The van der Waals surface area contributed by atoms with Gasteiger partial charge in [-0.15, -0.1) is 11.3 Å². The molecule has 2 aliphatic rings. The van der Waals surface area contributed by atoms with Gasteiger partial charge in [-0.25, -0.2) is 0 Å². The van der Waals surface area contributed by atoms with Crippen LogP contribution in [0.1, 0.15) is 15.4 Å². The van der Waals surface area contributed by atoms with E-state index in [-0.39, 0.29) is 17.8 Å². The summed E-state index contributed by atoms with van der Waals surface area (Å²) in [6.07, 6.45) is 0.0853. The maximum Gasteiger partial charge on any atom is 0.292 e. The third-order valence-electron chi connectivity index (χ3n) is 4.77. The molecule has 0 unspecified atom stereocenters. The molecule has 0 saturated carbocycles. The lowest BCUT2D eigenvalue weighted by atomic mass is 10.1. The molecule has 0 aliphatic carbocycles. The monoisotopic (exact) mass is 363 g/mol. The van der Waals surface area contributed by atoms with Crippen LogP contribution in [-0.2, 0) is 11.3 Å². The second-order valence-corrected chi connectivity index (χ2v) is 7.46. The van der Waals surface area contributed by atoms with E-state index in [9.17, 15) is 4.79 Å². The molecule has 4 rings (SSSR count). The van der Waals surface area contributed by atoms with Crippen molar-refractivity contribution >= 4 is 17.2 Å². The lowest BCUT2D eigenvalue weighted by molar-refractivity contribution is 0.0474. The standard InChI is InChI=1S/C17H21N3O4S/c1-22-16-7-14(24-18-16)17(21)20-9-12-8-19(4-5-23-15(12)11-20)10-13-3-2-6-25-13/h2-3,6-7,12,15H,4-5,8-11H2,1H3/t12-,15+/m0/s1. The molecular weight excluding hydrogens is 342 g/mol. The highest BCUT2D eigenvalue weighted by Crippen LogP contribution is 2.26. The van der Waals surface area contributed by atoms with Gasteiger partial charge in [0.15, 0.2) is 0 Å². The first-order chi connectivity index (χ1) is 12.2. The van der Waals surface area contributed by atoms with Crippen molar-refractivity contribution in [3.63, 3.8) is 0 Å². The summed E-state index contributed by atoms with van der Waals surface area (Å²) < 4.78 is 16.1. The largest absolute Gasteiger partial charge is 0.479 e. The molecule has 7 nitrogen and oxygen atoms in total. The van der Waals surface area contributed by atoms with Gasteiger partial charge in [-0.3, -0.25) is 9.69 Å². The van der Waals surface area contributed by atoms with Gasteiger partial charge < -0.3 is 18.9 Å². The van der Waals surface area contributed by atoms with Crippen LogP contribution in [0, 0.1) is 5.92 Å². The SMILES string of the molecule is COc1cc(C(=O)N2C[C@@H]3CN(Cc4cccs4)CCO[C@@H]3C2)on1. The van der Waals surface area contributed by atoms with Crippen molar-refractivity contribution in [3.05, 3.63) is 34.2 Å². The molecule has 0 spiro atoms. The molecule has 134 valence electrons. The smallest absolute Gasteiger partial charge is 0.292 e. The Morgan fingerprint density at radius 1 is 1.44 bits per heavy atom. The van der Waals surface area contributed by atoms with Gasteiger partial charge in [0.05, 0.1) is 25.9 Å². The summed E-state index contributed by atoms with van der Waals surface area (Å²) in [5, 5.41) is 5.81. The predicted molar refractivity (Wildman–Crippen MR) is 91.8 cm³/mol. The Morgan fingerprint density at radius 2 is 2.36 bits per heavy atom. The highest BCUT2D eigenvalue weighted by molar-refractivity contribution is 7.09. The molecule has 2 fully saturated rings. The van der Waals surface area contributed by atoms with Crippen molar-refractivity contribution in [2.24, 2.45) is 5.92 Å². The van der Waals surface area contributed by atoms with Crippen molar-refractivity contribution in [1.29, 1.82) is 0 Å². The van der Waals surface area contributed by atoms with E-state index < -0.39 is 0 Å². The van der Waals surface area contributed by atoms with Gasteiger partial charge in [0, 0.05) is 43.5 Å². The number of hydrogen-bond donors (Lipinski definition) is 0. The first-order valence-corrected chi connectivity index (χ1v) is 9.27. The predicted octanol–water partition coefficient (Wildman–Crippen LogP) is 1.72. The molecule has 2 aromatic heterocycles. The zero-order chi connectivity index (χ0) is 17.2. The van der Waals surface area contributed by atoms with Gasteiger partial charge >= 0.3 is 0 Å². The van der Waals surface area contributed by atoms with Gasteiger partial charge in [0.2, 0.25) is 5.76 Å². The average molecular weight is 363 g/mol. The van der Waals surface area contributed by atoms with Crippen molar-refractivity contribution in [1.82, 2.24) is 15.0 Å². The van der Waals surface area contributed by atoms with E-state index in [2.05, 4.69) is 27.6 Å². The number of ether oxygens (including phenoxy) is 2. The Bertz CT molecular complexity index is 717. The van der Waals surface area contributed by atoms with E-state index in [0.29, 0.717) is 31.5 Å². The number of likely N-dealkylation sites (tertiary alicyclic amines) is 1.